The van der Waals surface area contributed by atoms with Gasteiger partial charge in [0.05, 0.1) is 36.7 Å². The van der Waals surface area contributed by atoms with Crippen molar-refractivity contribution >= 4 is 17.8 Å². The van der Waals surface area contributed by atoms with Crippen LogP contribution in [-0.4, -0.2) is 47.3 Å². The quantitative estimate of drug-likeness (QED) is 0.765. The van der Waals surface area contributed by atoms with Crippen LogP contribution in [0.5, 0.6) is 0 Å². The third-order valence-electron chi connectivity index (χ3n) is 5.36. The molecule has 2 aliphatic rings. The number of rotatable bonds is 6. The first kappa shape index (κ1) is 19.8. The fourth-order valence-electron chi connectivity index (χ4n) is 3.94. The summed E-state index contributed by atoms with van der Waals surface area (Å²) >= 11 is 0. The zero-order valence-corrected chi connectivity index (χ0v) is 17.0. The minimum atomic E-state index is -0.529. The summed E-state index contributed by atoms with van der Waals surface area (Å²) in [7, 11) is 0. The van der Waals surface area contributed by atoms with E-state index in [1.807, 2.05) is 38.1 Å². The molecule has 1 atom stereocenters. The topological polar surface area (TPSA) is 94.9 Å². The Morgan fingerprint density at radius 3 is 2.80 bits per heavy atom. The van der Waals surface area contributed by atoms with Gasteiger partial charge in [-0.25, -0.2) is 4.79 Å². The van der Waals surface area contributed by atoms with Crippen molar-refractivity contribution in [2.75, 3.05) is 19.6 Å². The highest BCUT2D eigenvalue weighted by Gasteiger charge is 2.43. The molecule has 1 aromatic carbocycles. The second kappa shape index (κ2) is 8.06. The molecule has 0 spiro atoms. The first-order valence-corrected chi connectivity index (χ1v) is 9.94. The van der Waals surface area contributed by atoms with Gasteiger partial charge >= 0.3 is 6.03 Å². The van der Waals surface area contributed by atoms with Gasteiger partial charge in [-0.3, -0.25) is 14.5 Å². The first-order valence-electron chi connectivity index (χ1n) is 9.94. The molecule has 2 aliphatic heterocycles. The van der Waals surface area contributed by atoms with Crippen molar-refractivity contribution in [2.45, 2.75) is 26.4 Å². The van der Waals surface area contributed by atoms with Crippen molar-refractivity contribution in [2.24, 2.45) is 0 Å². The number of likely N-dealkylation sites (N-methyl/N-ethyl adjacent to an activating group) is 1. The van der Waals surface area contributed by atoms with E-state index in [-0.39, 0.29) is 37.5 Å². The van der Waals surface area contributed by atoms with E-state index in [0.29, 0.717) is 23.6 Å². The maximum Gasteiger partial charge on any atom is 0.322 e. The van der Waals surface area contributed by atoms with E-state index in [0.717, 1.165) is 11.1 Å². The molecule has 156 valence electrons. The van der Waals surface area contributed by atoms with Crippen molar-refractivity contribution in [1.82, 2.24) is 20.4 Å². The Bertz CT molecular complexity index is 1010. The number of aryl methyl sites for hydroxylation is 1. The number of nitrogens with one attached hydrogen (secondary N) is 2. The zero-order chi connectivity index (χ0) is 21.3. The summed E-state index contributed by atoms with van der Waals surface area (Å²) < 4.78 is 5.21. The van der Waals surface area contributed by atoms with Crippen molar-refractivity contribution in [1.29, 1.82) is 0 Å². The molecule has 0 unspecified atom stereocenters. The van der Waals surface area contributed by atoms with E-state index < -0.39 is 6.04 Å². The number of furan rings is 1. The lowest BCUT2D eigenvalue weighted by Crippen LogP contribution is -2.47. The number of carbonyl (C=O) groups is 3. The third-order valence-corrected chi connectivity index (χ3v) is 5.36. The lowest BCUT2D eigenvalue weighted by molar-refractivity contribution is -0.132. The fourth-order valence-corrected chi connectivity index (χ4v) is 3.94. The van der Waals surface area contributed by atoms with E-state index in [4.69, 9.17) is 4.42 Å². The van der Waals surface area contributed by atoms with Crippen LogP contribution in [0.15, 0.2) is 58.3 Å². The molecule has 0 aliphatic carbocycles. The van der Waals surface area contributed by atoms with Crippen molar-refractivity contribution in [3.05, 3.63) is 70.8 Å². The summed E-state index contributed by atoms with van der Waals surface area (Å²) in [6.45, 7) is 4.67. The van der Waals surface area contributed by atoms with Crippen LogP contribution in [0.25, 0.3) is 0 Å². The summed E-state index contributed by atoms with van der Waals surface area (Å²) in [5.74, 6) is 0.122. The van der Waals surface area contributed by atoms with E-state index >= 15 is 0 Å². The summed E-state index contributed by atoms with van der Waals surface area (Å²) in [5, 5.41) is 5.71. The standard InChI is InChI=1S/C22H24N4O4/c1-3-26-17-12-25(13-18(27)23-11-16-8-5-9-30-16)21(28)19(17)20(24-22(26)29)15-7-4-6-14(2)10-15/h4-10,20H,3,11-13H2,1-2H3,(H,23,27)(H,24,29)/t20-/m1/s1. The molecule has 0 radical (unpaired) electrons. The molecule has 30 heavy (non-hydrogen) atoms. The van der Waals surface area contributed by atoms with Gasteiger partial charge in [0.2, 0.25) is 5.91 Å². The van der Waals surface area contributed by atoms with E-state index in [9.17, 15) is 14.4 Å². The Hall–Kier alpha value is -3.55. The van der Waals surface area contributed by atoms with Gasteiger partial charge in [-0.15, -0.1) is 0 Å². The van der Waals surface area contributed by atoms with Crippen LogP contribution >= 0.6 is 0 Å². The molecule has 0 saturated carbocycles. The lowest BCUT2D eigenvalue weighted by Gasteiger charge is -2.33. The minimum absolute atomic E-state index is 0.0845. The summed E-state index contributed by atoms with van der Waals surface area (Å²) in [6.07, 6.45) is 1.54. The Kier molecular flexibility index (Phi) is 5.31. The second-order valence-corrected chi connectivity index (χ2v) is 7.42. The summed E-state index contributed by atoms with van der Waals surface area (Å²) in [6, 6.07) is 10.5. The molecular weight excluding hydrogens is 384 g/mol. The van der Waals surface area contributed by atoms with Gasteiger partial charge in [-0.05, 0) is 31.5 Å². The van der Waals surface area contributed by atoms with Gasteiger partial charge in [0.15, 0.2) is 0 Å². The Morgan fingerprint density at radius 2 is 2.10 bits per heavy atom. The highest BCUT2D eigenvalue weighted by molar-refractivity contribution is 6.03. The van der Waals surface area contributed by atoms with Gasteiger partial charge in [-0.2, -0.15) is 0 Å². The number of hydrogen-bond acceptors (Lipinski definition) is 4. The smallest absolute Gasteiger partial charge is 0.322 e. The van der Waals surface area contributed by atoms with Crippen LogP contribution in [0.1, 0.15) is 29.9 Å². The van der Waals surface area contributed by atoms with E-state index in [1.54, 1.807) is 17.0 Å². The molecule has 3 heterocycles. The molecule has 8 nitrogen and oxygen atoms in total. The lowest BCUT2D eigenvalue weighted by atomic mass is 9.94. The number of urea groups is 1. The van der Waals surface area contributed by atoms with Gasteiger partial charge in [0.1, 0.15) is 12.3 Å². The van der Waals surface area contributed by atoms with Crippen LogP contribution in [0, 0.1) is 6.92 Å². The number of carbonyl (C=O) groups excluding carboxylic acids is 3. The van der Waals surface area contributed by atoms with Gasteiger partial charge in [0.25, 0.3) is 5.91 Å². The molecule has 0 fully saturated rings. The molecule has 2 N–H and O–H groups in total. The zero-order valence-electron chi connectivity index (χ0n) is 17.0. The average Bonchev–Trinajstić information content (AvgIpc) is 3.35. The molecule has 4 amide bonds. The highest BCUT2D eigenvalue weighted by Crippen LogP contribution is 2.36. The average molecular weight is 408 g/mol. The highest BCUT2D eigenvalue weighted by atomic mass is 16.3. The number of hydrogen-bond donors (Lipinski definition) is 2. The monoisotopic (exact) mass is 408 g/mol. The second-order valence-electron chi connectivity index (χ2n) is 7.42. The minimum Gasteiger partial charge on any atom is -0.467 e. The molecule has 0 saturated heterocycles. The predicted molar refractivity (Wildman–Crippen MR) is 109 cm³/mol. The van der Waals surface area contributed by atoms with Gasteiger partial charge in [0, 0.05) is 6.54 Å². The molecular formula is C22H24N4O4. The van der Waals surface area contributed by atoms with Crippen molar-refractivity contribution in [3.8, 4) is 0 Å². The number of amides is 4. The van der Waals surface area contributed by atoms with Crippen LogP contribution in [0.2, 0.25) is 0 Å². The first-order chi connectivity index (χ1) is 14.5. The number of benzene rings is 1. The largest absolute Gasteiger partial charge is 0.467 e. The molecule has 4 rings (SSSR count). The van der Waals surface area contributed by atoms with Crippen LogP contribution in [0.4, 0.5) is 4.79 Å². The van der Waals surface area contributed by atoms with E-state index in [2.05, 4.69) is 10.6 Å². The fraction of sp³-hybridized carbons (Fsp3) is 0.318. The van der Waals surface area contributed by atoms with Crippen LogP contribution in [0.3, 0.4) is 0 Å². The maximum atomic E-state index is 13.2. The Morgan fingerprint density at radius 1 is 1.27 bits per heavy atom. The van der Waals surface area contributed by atoms with Gasteiger partial charge < -0.3 is 20.0 Å². The molecule has 0 bridgehead atoms. The SMILES string of the molecule is CCN1C(=O)N[C@H](c2cccc(C)c2)C2=C1CN(CC(=O)NCc1ccco1)C2=O. The van der Waals surface area contributed by atoms with Crippen LogP contribution < -0.4 is 10.6 Å². The maximum absolute atomic E-state index is 13.2. The molecule has 2 aromatic rings. The van der Waals surface area contributed by atoms with E-state index in [1.165, 1.54) is 11.2 Å². The predicted octanol–water partition coefficient (Wildman–Crippen LogP) is 2.09. The third kappa shape index (κ3) is 3.68. The van der Waals surface area contributed by atoms with Gasteiger partial charge in [-0.1, -0.05) is 29.8 Å². The van der Waals surface area contributed by atoms with Crippen LogP contribution in [-0.2, 0) is 16.1 Å². The van der Waals surface area contributed by atoms with Crippen molar-refractivity contribution in [3.63, 3.8) is 0 Å². The Balaban J connectivity index is 1.54. The number of nitrogens with zero attached hydrogens (tertiary/aromatic N) is 2. The molecule has 1 aromatic heterocycles. The Labute approximate surface area is 174 Å². The molecule has 8 heteroatoms. The normalized spacial score (nSPS) is 18.5. The summed E-state index contributed by atoms with van der Waals surface area (Å²) in [5.41, 5.74) is 3.09. The summed E-state index contributed by atoms with van der Waals surface area (Å²) in [4.78, 5) is 41.3. The van der Waals surface area contributed by atoms with Crippen molar-refractivity contribution < 1.29 is 18.8 Å².